The van der Waals surface area contributed by atoms with E-state index in [1.54, 1.807) is 6.07 Å². The molecule has 1 unspecified atom stereocenters. The van der Waals surface area contributed by atoms with Crippen LogP contribution in [0.3, 0.4) is 0 Å². The molecule has 0 saturated carbocycles. The van der Waals surface area contributed by atoms with E-state index in [1.165, 1.54) is 12.5 Å². The molecule has 1 aromatic carbocycles. The van der Waals surface area contributed by atoms with Crippen molar-refractivity contribution in [3.8, 4) is 5.75 Å². The van der Waals surface area contributed by atoms with Crippen molar-refractivity contribution in [2.24, 2.45) is 4.99 Å². The maximum Gasteiger partial charge on any atom is 0.193 e. The van der Waals surface area contributed by atoms with Crippen molar-refractivity contribution in [3.05, 3.63) is 29.1 Å². The van der Waals surface area contributed by atoms with E-state index in [4.69, 9.17) is 14.5 Å². The molecule has 1 fully saturated rings. The second kappa shape index (κ2) is 9.46. The lowest BCUT2D eigenvalue weighted by atomic mass is 10.1. The highest BCUT2D eigenvalue weighted by Crippen LogP contribution is 2.29. The van der Waals surface area contributed by atoms with E-state index < -0.39 is 0 Å². The molecule has 0 radical (unpaired) electrons. The zero-order valence-corrected chi connectivity index (χ0v) is 16.4. The number of nitrogens with zero attached hydrogens (tertiary/aromatic N) is 2. The Morgan fingerprint density at radius 2 is 2.31 bits per heavy atom. The van der Waals surface area contributed by atoms with Gasteiger partial charge in [0.25, 0.3) is 0 Å². The summed E-state index contributed by atoms with van der Waals surface area (Å²) in [7, 11) is 0. The Labute approximate surface area is 159 Å². The van der Waals surface area contributed by atoms with E-state index in [0.717, 1.165) is 48.2 Å². The van der Waals surface area contributed by atoms with E-state index in [0.29, 0.717) is 24.8 Å². The maximum absolute atomic E-state index is 13.9. The number of guanidine groups is 1. The number of hydrogen-bond donors (Lipinski definition) is 1. The predicted molar refractivity (Wildman–Crippen MR) is 104 cm³/mol. The van der Waals surface area contributed by atoms with E-state index in [9.17, 15) is 4.39 Å². The molecule has 2 aliphatic rings. The molecule has 1 saturated heterocycles. The van der Waals surface area contributed by atoms with Crippen molar-refractivity contribution >= 4 is 17.7 Å². The first kappa shape index (κ1) is 19.3. The first-order valence-corrected chi connectivity index (χ1v) is 10.4. The lowest BCUT2D eigenvalue weighted by Crippen LogP contribution is -2.48. The van der Waals surface area contributed by atoms with Gasteiger partial charge in [-0.3, -0.25) is 4.99 Å². The number of thioether (sulfide) groups is 1. The summed E-state index contributed by atoms with van der Waals surface area (Å²) in [6, 6.07) is 3.04. The number of benzene rings is 1. The number of fused-ring (bicyclic) bond motifs is 1. The summed E-state index contributed by atoms with van der Waals surface area (Å²) in [5, 5.41) is 4.06. The van der Waals surface area contributed by atoms with Gasteiger partial charge in [0.15, 0.2) is 12.8 Å². The third-order valence-corrected chi connectivity index (χ3v) is 6.00. The van der Waals surface area contributed by atoms with Crippen LogP contribution in [0.1, 0.15) is 31.4 Å². The minimum absolute atomic E-state index is 0.224. The fourth-order valence-corrected chi connectivity index (χ4v) is 4.49. The molecule has 1 aromatic rings. The van der Waals surface area contributed by atoms with Crippen LogP contribution in [0.2, 0.25) is 0 Å². The van der Waals surface area contributed by atoms with Crippen molar-refractivity contribution in [2.45, 2.75) is 38.5 Å². The standard InChI is InChI=1S/C19H28FN3O2S/c1-3-17-11-23(7-8-26-17)19(21-4-2)22-6-5-14-9-16(20)10-15-12-24-13-25-18(14)15/h9-10,17H,3-8,11-13H2,1-2H3,(H,21,22). The van der Waals surface area contributed by atoms with E-state index in [-0.39, 0.29) is 12.6 Å². The smallest absolute Gasteiger partial charge is 0.193 e. The first-order chi connectivity index (χ1) is 12.7. The molecule has 0 amide bonds. The van der Waals surface area contributed by atoms with Gasteiger partial charge in [-0.1, -0.05) is 6.92 Å². The molecule has 2 aliphatic heterocycles. The first-order valence-electron chi connectivity index (χ1n) is 9.38. The average molecular weight is 382 g/mol. The third kappa shape index (κ3) is 4.82. The van der Waals surface area contributed by atoms with E-state index >= 15 is 0 Å². The normalized spacial score (nSPS) is 20.5. The van der Waals surface area contributed by atoms with E-state index in [1.807, 2.05) is 11.8 Å². The van der Waals surface area contributed by atoms with Crippen molar-refractivity contribution < 1.29 is 13.9 Å². The van der Waals surface area contributed by atoms with Crippen molar-refractivity contribution in [1.82, 2.24) is 10.2 Å². The average Bonchev–Trinajstić information content (AvgIpc) is 2.67. The Bertz CT molecular complexity index is 641. The van der Waals surface area contributed by atoms with Crippen LogP contribution < -0.4 is 10.1 Å². The number of aliphatic imine (C=N–C) groups is 1. The Morgan fingerprint density at radius 3 is 3.12 bits per heavy atom. The van der Waals surface area contributed by atoms with E-state index in [2.05, 4.69) is 24.1 Å². The Morgan fingerprint density at radius 1 is 1.42 bits per heavy atom. The van der Waals surface area contributed by atoms with Crippen molar-refractivity contribution in [1.29, 1.82) is 0 Å². The van der Waals surface area contributed by atoms with Crippen LogP contribution in [0.25, 0.3) is 0 Å². The molecule has 0 spiro atoms. The summed E-state index contributed by atoms with van der Waals surface area (Å²) in [6.45, 7) is 8.44. The molecular weight excluding hydrogens is 353 g/mol. The van der Waals surface area contributed by atoms with Gasteiger partial charge < -0.3 is 19.7 Å². The molecule has 0 aromatic heterocycles. The van der Waals surface area contributed by atoms with Gasteiger partial charge in [0.2, 0.25) is 0 Å². The topological polar surface area (TPSA) is 46.1 Å². The molecule has 26 heavy (non-hydrogen) atoms. The van der Waals surface area contributed by atoms with Gasteiger partial charge >= 0.3 is 0 Å². The zero-order chi connectivity index (χ0) is 18.4. The molecule has 5 nitrogen and oxygen atoms in total. The lowest BCUT2D eigenvalue weighted by Gasteiger charge is -2.34. The quantitative estimate of drug-likeness (QED) is 0.628. The van der Waals surface area contributed by atoms with Crippen LogP contribution >= 0.6 is 11.8 Å². The van der Waals surface area contributed by atoms with Gasteiger partial charge in [0.1, 0.15) is 11.6 Å². The Hall–Kier alpha value is -1.47. The van der Waals surface area contributed by atoms with Crippen LogP contribution in [0.4, 0.5) is 4.39 Å². The number of hydrogen-bond acceptors (Lipinski definition) is 4. The Kier molecular flexibility index (Phi) is 7.02. The number of ether oxygens (including phenoxy) is 2. The van der Waals surface area contributed by atoms with Gasteiger partial charge in [0, 0.05) is 42.7 Å². The summed E-state index contributed by atoms with van der Waals surface area (Å²) in [6.07, 6.45) is 1.82. The SMILES string of the molecule is CCNC(=NCCc1cc(F)cc2c1OCOC2)N1CCSC(CC)C1. The molecule has 3 rings (SSSR count). The predicted octanol–water partition coefficient (Wildman–Crippen LogP) is 3.03. The highest BCUT2D eigenvalue weighted by molar-refractivity contribution is 8.00. The number of halogens is 1. The lowest BCUT2D eigenvalue weighted by molar-refractivity contribution is -0.0172. The molecular formula is C19H28FN3O2S. The monoisotopic (exact) mass is 381 g/mol. The number of nitrogens with one attached hydrogen (secondary N) is 1. The summed E-state index contributed by atoms with van der Waals surface area (Å²) in [4.78, 5) is 7.14. The fourth-order valence-electron chi connectivity index (χ4n) is 3.31. The molecule has 144 valence electrons. The molecule has 0 bridgehead atoms. The molecule has 0 aliphatic carbocycles. The van der Waals surface area contributed by atoms with Crippen LogP contribution in [-0.4, -0.2) is 54.8 Å². The molecule has 7 heteroatoms. The van der Waals surface area contributed by atoms with Gasteiger partial charge in [-0.05, 0) is 37.5 Å². The molecule has 1 N–H and O–H groups in total. The third-order valence-electron chi connectivity index (χ3n) is 4.62. The highest BCUT2D eigenvalue weighted by atomic mass is 32.2. The minimum Gasteiger partial charge on any atom is -0.467 e. The highest BCUT2D eigenvalue weighted by Gasteiger charge is 2.21. The van der Waals surface area contributed by atoms with Crippen LogP contribution in [0, 0.1) is 5.82 Å². The van der Waals surface area contributed by atoms with Crippen LogP contribution in [0.5, 0.6) is 5.75 Å². The minimum atomic E-state index is -0.248. The summed E-state index contributed by atoms with van der Waals surface area (Å²) < 4.78 is 24.7. The van der Waals surface area contributed by atoms with Gasteiger partial charge in [-0.15, -0.1) is 0 Å². The Balaban J connectivity index is 1.68. The molecule has 2 heterocycles. The van der Waals surface area contributed by atoms with Crippen molar-refractivity contribution in [2.75, 3.05) is 38.7 Å². The van der Waals surface area contributed by atoms with Crippen molar-refractivity contribution in [3.63, 3.8) is 0 Å². The second-order valence-electron chi connectivity index (χ2n) is 6.50. The van der Waals surface area contributed by atoms with Gasteiger partial charge in [-0.25, -0.2) is 4.39 Å². The molecule has 1 atom stereocenters. The van der Waals surface area contributed by atoms with Crippen LogP contribution in [-0.2, 0) is 17.8 Å². The van der Waals surface area contributed by atoms with Crippen LogP contribution in [0.15, 0.2) is 17.1 Å². The summed E-state index contributed by atoms with van der Waals surface area (Å²) in [5.41, 5.74) is 1.64. The van der Waals surface area contributed by atoms with Gasteiger partial charge in [-0.2, -0.15) is 11.8 Å². The summed E-state index contributed by atoms with van der Waals surface area (Å²) >= 11 is 2.05. The number of rotatable bonds is 5. The zero-order valence-electron chi connectivity index (χ0n) is 15.6. The summed E-state index contributed by atoms with van der Waals surface area (Å²) in [5.74, 6) is 2.61. The fraction of sp³-hybridized carbons (Fsp3) is 0.632. The second-order valence-corrected chi connectivity index (χ2v) is 7.90. The van der Waals surface area contributed by atoms with Gasteiger partial charge in [0.05, 0.1) is 6.61 Å². The maximum atomic E-state index is 13.9. The largest absolute Gasteiger partial charge is 0.467 e.